The number of hydrogen-bond donors (Lipinski definition) is 4. The molecule has 10 rings (SSSR count). The Kier molecular flexibility index (Phi) is 19.1. The van der Waals surface area contributed by atoms with Crippen molar-refractivity contribution in [2.75, 3.05) is 32.8 Å². The minimum atomic E-state index is -0.934. The van der Waals surface area contributed by atoms with Gasteiger partial charge in [-0.25, -0.2) is 9.59 Å². The Morgan fingerprint density at radius 2 is 1.12 bits per heavy atom. The number of nitrogens with zero attached hydrogens (tertiary/aromatic N) is 1. The Balaban J connectivity index is 0.000000183. The van der Waals surface area contributed by atoms with Gasteiger partial charge in [0.25, 0.3) is 5.91 Å². The Labute approximate surface area is 480 Å². The van der Waals surface area contributed by atoms with Crippen molar-refractivity contribution in [3.8, 4) is 0 Å². The Hall–Kier alpha value is -6.36. The molecule has 0 aromatic heterocycles. The molecule has 4 heterocycles. The third-order valence-electron chi connectivity index (χ3n) is 16.7. The van der Waals surface area contributed by atoms with Crippen LogP contribution in [0.4, 0.5) is 4.79 Å². The van der Waals surface area contributed by atoms with Crippen LogP contribution in [0.25, 0.3) is 21.5 Å². The van der Waals surface area contributed by atoms with Crippen LogP contribution in [0.2, 0.25) is 0 Å². The fraction of sp³-hybridized carbons (Fsp3) is 0.453. The van der Waals surface area contributed by atoms with Crippen LogP contribution in [0.5, 0.6) is 0 Å². The standard InChI is InChI=1S/C34H43BN2O5.C17H19BO4.C13H19BN2O/c1-32(2,3)40-31(39)36-22-23-10-8-12-26(20-23)24-16-18-37(19-17-24)30(38)28-13-9-11-25-14-15-27(21-29(25)28)35-41-33(4,5)34(6,7)42-35;1-16(2)17(3,4)22-18(21-16)12-9-8-11-6-5-7-13(15(19)20)14(11)10-12;15-14-17-9-6-11-2-1-3-13(10-11)12-4-7-16-8-5-12/h8-15,20-21,24H,16-19,22H2,1-7H3,(H,36,39);5-10H,1-4H3,(H,19,20);1-3,10,12,15-16H,4-9H2. The van der Waals surface area contributed by atoms with Crippen LogP contribution in [0.3, 0.4) is 0 Å². The zero-order chi connectivity index (χ0) is 58.3. The molecule has 0 saturated carbocycles. The van der Waals surface area contributed by atoms with E-state index in [1.54, 1.807) is 12.1 Å². The van der Waals surface area contributed by atoms with E-state index in [-0.39, 0.29) is 11.5 Å². The van der Waals surface area contributed by atoms with Crippen LogP contribution in [0.15, 0.2) is 121 Å². The van der Waals surface area contributed by atoms with E-state index in [9.17, 15) is 19.5 Å². The molecule has 81 heavy (non-hydrogen) atoms. The summed E-state index contributed by atoms with van der Waals surface area (Å²) in [4.78, 5) is 39.2. The van der Waals surface area contributed by atoms with Crippen molar-refractivity contribution in [3.63, 3.8) is 0 Å². The summed E-state index contributed by atoms with van der Waals surface area (Å²) in [7, 11) is 0.0427. The van der Waals surface area contributed by atoms with Gasteiger partial charge in [-0.1, -0.05) is 84.9 Å². The average molecular weight is 1100 g/mol. The van der Waals surface area contributed by atoms with Gasteiger partial charge < -0.3 is 38.7 Å². The van der Waals surface area contributed by atoms with E-state index in [0.717, 1.165) is 72.3 Å². The van der Waals surface area contributed by atoms with Gasteiger partial charge in [-0.05, 0) is 151 Å². The summed E-state index contributed by atoms with van der Waals surface area (Å²) >= 11 is 0. The van der Waals surface area contributed by atoms with Gasteiger partial charge in [0.2, 0.25) is 0 Å². The van der Waals surface area contributed by atoms with Crippen LogP contribution in [-0.4, -0.2) is 110 Å². The van der Waals surface area contributed by atoms with Gasteiger partial charge in [0, 0.05) is 25.2 Å². The van der Waals surface area contributed by atoms with E-state index in [4.69, 9.17) is 33.3 Å². The molecule has 0 bridgehead atoms. The first-order chi connectivity index (χ1) is 38.3. The number of carbonyl (C=O) groups excluding carboxylic acids is 2. The van der Waals surface area contributed by atoms with Crippen molar-refractivity contribution in [3.05, 3.63) is 155 Å². The Morgan fingerprint density at radius 1 is 0.654 bits per heavy atom. The number of ether oxygens (including phenoxy) is 1. The number of carbonyl (C=O) groups is 3. The molecule has 4 saturated heterocycles. The molecular formula is C64H81B3N4O10. The van der Waals surface area contributed by atoms with Crippen molar-refractivity contribution >= 4 is 72.0 Å². The van der Waals surface area contributed by atoms with Gasteiger partial charge in [-0.2, -0.15) is 0 Å². The van der Waals surface area contributed by atoms with Gasteiger partial charge in [-0.15, -0.1) is 0 Å². The van der Waals surface area contributed by atoms with Crippen molar-refractivity contribution in [1.82, 2.24) is 15.5 Å². The first-order valence-electron chi connectivity index (χ1n) is 28.6. The summed E-state index contributed by atoms with van der Waals surface area (Å²) in [5, 5.41) is 25.9. The van der Waals surface area contributed by atoms with E-state index in [2.05, 4.69) is 47.0 Å². The molecule has 4 N–H and O–H groups in total. The first-order valence-corrected chi connectivity index (χ1v) is 28.6. The molecule has 4 fully saturated rings. The molecule has 0 aliphatic carbocycles. The number of alkyl carbamates (subject to hydrolysis) is 1. The van der Waals surface area contributed by atoms with Crippen molar-refractivity contribution in [1.29, 1.82) is 5.31 Å². The zero-order valence-corrected chi connectivity index (χ0v) is 49.3. The van der Waals surface area contributed by atoms with Crippen LogP contribution in [0, 0.1) is 5.31 Å². The molecule has 426 valence electrons. The monoisotopic (exact) mass is 1100 g/mol. The Morgan fingerprint density at radius 3 is 1.63 bits per heavy atom. The SMILES string of the molecule is CC(C)(C)OC(=O)NCc1cccc(C2CCN(C(=O)c3cccc4ccc(B5OC(C)(C)C(C)(C)O5)cc34)CC2)c1.CC1(C)OB(c2ccc3cccc(C(=O)O)c3c2)OC1(C)C.N=BOCCc1cccc(C2CCNCC2)c1. The number of aromatic carboxylic acids is 1. The van der Waals surface area contributed by atoms with E-state index in [1.807, 2.05) is 154 Å². The maximum absolute atomic E-state index is 13.8. The van der Waals surface area contributed by atoms with E-state index in [1.165, 1.54) is 29.5 Å². The molecule has 2 amide bonds. The number of hydrogen-bond acceptors (Lipinski definition) is 11. The van der Waals surface area contributed by atoms with Crippen LogP contribution < -0.4 is 21.6 Å². The number of carboxylic acids is 1. The molecule has 0 atom stereocenters. The predicted molar refractivity (Wildman–Crippen MR) is 323 cm³/mol. The normalized spacial score (nSPS) is 18.5. The maximum atomic E-state index is 13.8. The second-order valence-electron chi connectivity index (χ2n) is 24.7. The fourth-order valence-electron chi connectivity index (χ4n) is 10.6. The second-order valence-corrected chi connectivity index (χ2v) is 24.7. The van der Waals surface area contributed by atoms with Gasteiger partial charge in [0.15, 0.2) is 0 Å². The third kappa shape index (κ3) is 15.0. The van der Waals surface area contributed by atoms with Crippen molar-refractivity contribution in [2.24, 2.45) is 0 Å². The first kappa shape index (κ1) is 60.7. The third-order valence-corrected chi connectivity index (χ3v) is 16.7. The van der Waals surface area contributed by atoms with Gasteiger partial charge in [0.1, 0.15) is 5.60 Å². The molecule has 0 spiro atoms. The topological polar surface area (TPSA) is 178 Å². The number of benzene rings is 6. The molecular weight excluding hydrogens is 1020 g/mol. The quantitative estimate of drug-likeness (QED) is 0.0677. The average Bonchev–Trinajstić information content (AvgIpc) is 4.07. The summed E-state index contributed by atoms with van der Waals surface area (Å²) in [6, 6.07) is 40.1. The van der Waals surface area contributed by atoms with E-state index >= 15 is 0 Å². The van der Waals surface area contributed by atoms with Crippen LogP contribution >= 0.6 is 0 Å². The number of piperidine rings is 2. The predicted octanol–water partition coefficient (Wildman–Crippen LogP) is 11.1. The molecule has 6 aromatic carbocycles. The molecule has 4 aliphatic rings. The molecule has 4 aliphatic heterocycles. The number of carboxylic acid groups (broad SMARTS) is 1. The Bertz CT molecular complexity index is 3170. The summed E-state index contributed by atoms with van der Waals surface area (Å²) in [5.74, 6) is 0.190. The summed E-state index contributed by atoms with van der Waals surface area (Å²) in [6.07, 6.45) is 4.71. The number of fused-ring (bicyclic) bond motifs is 2. The molecule has 17 heteroatoms. The van der Waals surface area contributed by atoms with Gasteiger partial charge in [-0.3, -0.25) is 4.79 Å². The second kappa shape index (κ2) is 25.4. The van der Waals surface area contributed by atoms with Gasteiger partial charge >= 0.3 is 129 Å². The number of rotatable bonds is 12. The summed E-state index contributed by atoms with van der Waals surface area (Å²) in [5.41, 5.74) is 5.56. The molecule has 0 radical (unpaired) electrons. The van der Waals surface area contributed by atoms with Crippen molar-refractivity contribution < 1.29 is 47.5 Å². The number of likely N-dealkylation sites (tertiary alicyclic amines) is 1. The molecule has 0 unspecified atom stereocenters. The molecule has 6 aromatic rings. The summed E-state index contributed by atoms with van der Waals surface area (Å²) in [6.45, 7) is 26.4. The van der Waals surface area contributed by atoms with Crippen LogP contribution in [0.1, 0.15) is 157 Å². The number of nitrogens with one attached hydrogen (secondary N) is 3. The fourth-order valence-corrected chi connectivity index (χ4v) is 10.6. The van der Waals surface area contributed by atoms with Crippen LogP contribution in [-0.2, 0) is 41.0 Å². The van der Waals surface area contributed by atoms with E-state index in [0.29, 0.717) is 49.0 Å². The zero-order valence-electron chi connectivity index (χ0n) is 49.3. The van der Waals surface area contributed by atoms with E-state index < -0.39 is 54.3 Å². The number of amides is 2. The summed E-state index contributed by atoms with van der Waals surface area (Å²) < 4.78 is 34.9. The van der Waals surface area contributed by atoms with Gasteiger partial charge in [0.05, 0.1) is 28.0 Å². The molecule has 14 nitrogen and oxygen atoms in total. The van der Waals surface area contributed by atoms with Crippen molar-refractivity contribution in [2.45, 2.75) is 155 Å². The minimum absolute atomic E-state index is 0.0560.